The largest absolute Gasteiger partial charge is 0.310 e. The molecule has 0 radical (unpaired) electrons. The summed E-state index contributed by atoms with van der Waals surface area (Å²) in [5.74, 6) is 0. The SMILES string of the molecule is C[Si](C)(C)c1ccc(N(c2ccc([Si](C)(C)C)cc2)c2cccc3c2-c2ccccc2C32c3ccccc3-c3ccccc3-c3ccccc32)cc1. The van der Waals surface area contributed by atoms with E-state index < -0.39 is 21.6 Å². The number of hydrogen-bond acceptors (Lipinski definition) is 1. The van der Waals surface area contributed by atoms with Gasteiger partial charge in [0.15, 0.2) is 0 Å². The second kappa shape index (κ2) is 11.9. The van der Waals surface area contributed by atoms with E-state index in [1.54, 1.807) is 0 Å². The van der Waals surface area contributed by atoms with Crippen molar-refractivity contribution in [3.8, 4) is 33.4 Å². The smallest absolute Gasteiger partial charge is 0.0775 e. The maximum absolute atomic E-state index is 2.51. The zero-order valence-electron chi connectivity index (χ0n) is 31.0. The van der Waals surface area contributed by atoms with Gasteiger partial charge in [0.05, 0.1) is 27.3 Å². The van der Waals surface area contributed by atoms with Crippen LogP contribution in [-0.4, -0.2) is 16.1 Å². The molecule has 254 valence electrons. The van der Waals surface area contributed by atoms with Crippen LogP contribution in [0.1, 0.15) is 22.3 Å². The molecule has 0 saturated heterocycles. The molecule has 0 atom stereocenters. The molecule has 52 heavy (non-hydrogen) atoms. The van der Waals surface area contributed by atoms with Gasteiger partial charge in [-0.1, -0.05) is 183 Å². The minimum absolute atomic E-state index is 0.511. The summed E-state index contributed by atoms with van der Waals surface area (Å²) in [5, 5.41) is 2.94. The fraction of sp³-hybridized carbons (Fsp3) is 0.143. The van der Waals surface area contributed by atoms with Crippen LogP contribution in [0.3, 0.4) is 0 Å². The molecule has 1 nitrogen and oxygen atoms in total. The molecule has 0 unspecified atom stereocenters. The van der Waals surface area contributed by atoms with Crippen molar-refractivity contribution in [3.05, 3.63) is 186 Å². The van der Waals surface area contributed by atoms with Gasteiger partial charge in [-0.25, -0.2) is 0 Å². The maximum Gasteiger partial charge on any atom is 0.0775 e. The van der Waals surface area contributed by atoms with Crippen molar-refractivity contribution in [1.29, 1.82) is 0 Å². The van der Waals surface area contributed by atoms with Crippen molar-refractivity contribution in [3.63, 3.8) is 0 Å². The van der Waals surface area contributed by atoms with Crippen molar-refractivity contribution >= 4 is 43.6 Å². The van der Waals surface area contributed by atoms with Gasteiger partial charge in [0.2, 0.25) is 0 Å². The third kappa shape index (κ3) is 4.87. The van der Waals surface area contributed by atoms with Crippen LogP contribution >= 0.6 is 0 Å². The third-order valence-corrected chi connectivity index (χ3v) is 15.6. The van der Waals surface area contributed by atoms with Gasteiger partial charge in [-0.15, -0.1) is 0 Å². The molecule has 0 bridgehead atoms. The molecule has 0 aliphatic heterocycles. The number of anilines is 3. The molecular formula is C49H45NSi2. The number of benzene rings is 7. The lowest BCUT2D eigenvalue weighted by Gasteiger charge is -2.35. The van der Waals surface area contributed by atoms with E-state index in [0.29, 0.717) is 0 Å². The lowest BCUT2D eigenvalue weighted by Crippen LogP contribution is -2.37. The van der Waals surface area contributed by atoms with Gasteiger partial charge < -0.3 is 4.90 Å². The van der Waals surface area contributed by atoms with Gasteiger partial charge in [0, 0.05) is 16.9 Å². The summed E-state index contributed by atoms with van der Waals surface area (Å²) in [6.45, 7) is 14.6. The fourth-order valence-electron chi connectivity index (χ4n) is 8.91. The summed E-state index contributed by atoms with van der Waals surface area (Å²) < 4.78 is 0. The summed E-state index contributed by atoms with van der Waals surface area (Å²) >= 11 is 0. The van der Waals surface area contributed by atoms with E-state index >= 15 is 0 Å². The molecule has 0 N–H and O–H groups in total. The average molecular weight is 704 g/mol. The standard InChI is InChI=1S/C49H45NSi2/c1-51(2,3)36-30-26-34(27-31-36)50(35-28-32-37(33-29-35)52(4,5)6)47-25-15-24-46-48(47)42-20-11-14-23-45(42)49(46)43-21-12-9-18-40(43)38-16-7-8-17-39(38)41-19-10-13-22-44(41)49/h7-33H,1-6H3. The molecular weight excluding hydrogens is 659 g/mol. The molecule has 9 rings (SSSR count). The molecule has 0 aromatic heterocycles. The zero-order chi connectivity index (χ0) is 35.8. The van der Waals surface area contributed by atoms with Gasteiger partial charge in [0.1, 0.15) is 0 Å². The van der Waals surface area contributed by atoms with Crippen molar-refractivity contribution in [2.24, 2.45) is 0 Å². The number of fused-ring (bicyclic) bond motifs is 12. The zero-order valence-corrected chi connectivity index (χ0v) is 33.0. The Kier molecular flexibility index (Phi) is 7.48. The van der Waals surface area contributed by atoms with Gasteiger partial charge in [-0.2, -0.15) is 0 Å². The molecule has 0 amide bonds. The number of rotatable bonds is 5. The lowest BCUT2D eigenvalue weighted by atomic mass is 9.66. The topological polar surface area (TPSA) is 3.24 Å². The molecule has 2 aliphatic carbocycles. The predicted molar refractivity (Wildman–Crippen MR) is 229 cm³/mol. The number of hydrogen-bond donors (Lipinski definition) is 0. The highest BCUT2D eigenvalue weighted by molar-refractivity contribution is 6.89. The van der Waals surface area contributed by atoms with E-state index in [0.717, 1.165) is 0 Å². The van der Waals surface area contributed by atoms with Gasteiger partial charge in [-0.3, -0.25) is 0 Å². The van der Waals surface area contributed by atoms with Crippen LogP contribution in [0.4, 0.5) is 17.1 Å². The van der Waals surface area contributed by atoms with Crippen molar-refractivity contribution in [2.45, 2.75) is 44.7 Å². The summed E-state index contributed by atoms with van der Waals surface area (Å²) in [5.41, 5.74) is 16.2. The lowest BCUT2D eigenvalue weighted by molar-refractivity contribution is 0.775. The summed E-state index contributed by atoms with van der Waals surface area (Å²) in [4.78, 5) is 2.51. The second-order valence-corrected chi connectivity index (χ2v) is 26.7. The van der Waals surface area contributed by atoms with E-state index in [1.807, 2.05) is 0 Å². The maximum atomic E-state index is 2.51. The Bertz CT molecular complexity index is 2360. The Hall–Kier alpha value is -5.23. The van der Waals surface area contributed by atoms with Crippen molar-refractivity contribution in [1.82, 2.24) is 0 Å². The van der Waals surface area contributed by atoms with Crippen molar-refractivity contribution < 1.29 is 0 Å². The monoisotopic (exact) mass is 703 g/mol. The molecule has 0 fully saturated rings. The molecule has 2 aliphatic rings. The Morgan fingerprint density at radius 2 is 0.712 bits per heavy atom. The average Bonchev–Trinajstić information content (AvgIpc) is 3.40. The molecule has 7 aromatic rings. The van der Waals surface area contributed by atoms with Crippen LogP contribution in [0.25, 0.3) is 33.4 Å². The first-order chi connectivity index (χ1) is 25.1. The highest BCUT2D eigenvalue weighted by Crippen LogP contribution is 2.63. The van der Waals surface area contributed by atoms with E-state index in [2.05, 4.69) is 208 Å². The van der Waals surface area contributed by atoms with Gasteiger partial charge >= 0.3 is 0 Å². The molecule has 3 heteroatoms. The molecule has 0 heterocycles. The molecule has 1 spiro atoms. The first-order valence-corrected chi connectivity index (χ1v) is 25.6. The number of nitrogens with zero attached hydrogens (tertiary/aromatic N) is 1. The Balaban J connectivity index is 1.38. The molecule has 0 saturated carbocycles. The van der Waals surface area contributed by atoms with E-state index in [4.69, 9.17) is 0 Å². The van der Waals surface area contributed by atoms with Crippen molar-refractivity contribution in [2.75, 3.05) is 4.90 Å². The first-order valence-electron chi connectivity index (χ1n) is 18.6. The predicted octanol–water partition coefficient (Wildman–Crippen LogP) is 12.3. The van der Waals surface area contributed by atoms with Crippen LogP contribution in [0.2, 0.25) is 39.3 Å². The van der Waals surface area contributed by atoms with Crippen LogP contribution in [0.5, 0.6) is 0 Å². The summed E-state index contributed by atoms with van der Waals surface area (Å²) in [6, 6.07) is 62.4. The minimum atomic E-state index is -1.48. The summed E-state index contributed by atoms with van der Waals surface area (Å²) in [7, 11) is -2.96. The normalized spacial score (nSPS) is 13.7. The fourth-order valence-corrected chi connectivity index (χ4v) is 11.2. The third-order valence-electron chi connectivity index (χ3n) is 11.4. The highest BCUT2D eigenvalue weighted by Gasteiger charge is 2.50. The Morgan fingerprint density at radius 1 is 0.346 bits per heavy atom. The van der Waals surface area contributed by atoms with E-state index in [9.17, 15) is 0 Å². The van der Waals surface area contributed by atoms with E-state index in [-0.39, 0.29) is 0 Å². The quantitative estimate of drug-likeness (QED) is 0.161. The van der Waals surface area contributed by atoms with Crippen LogP contribution in [0.15, 0.2) is 164 Å². The molecule has 7 aromatic carbocycles. The first kappa shape index (κ1) is 32.7. The van der Waals surface area contributed by atoms with Gasteiger partial charge in [0.25, 0.3) is 0 Å². The Labute approximate surface area is 311 Å². The van der Waals surface area contributed by atoms with Crippen LogP contribution in [-0.2, 0) is 5.41 Å². The van der Waals surface area contributed by atoms with Gasteiger partial charge in [-0.05, 0) is 80.4 Å². The second-order valence-electron chi connectivity index (χ2n) is 16.6. The minimum Gasteiger partial charge on any atom is -0.310 e. The van der Waals surface area contributed by atoms with Crippen LogP contribution < -0.4 is 15.3 Å². The summed E-state index contributed by atoms with van der Waals surface area (Å²) in [6.07, 6.45) is 0. The van der Waals surface area contributed by atoms with E-state index in [1.165, 1.54) is 83.1 Å². The highest BCUT2D eigenvalue weighted by atomic mass is 28.3. The Morgan fingerprint density at radius 3 is 1.15 bits per heavy atom. The van der Waals surface area contributed by atoms with Crippen LogP contribution in [0, 0.1) is 0 Å².